The van der Waals surface area contributed by atoms with Gasteiger partial charge in [0.2, 0.25) is 0 Å². The minimum absolute atomic E-state index is 0.278. The summed E-state index contributed by atoms with van der Waals surface area (Å²) in [5, 5.41) is 10.3. The molecule has 0 fully saturated rings. The van der Waals surface area contributed by atoms with Crippen LogP contribution in [0.2, 0.25) is 5.02 Å². The molecule has 100 valence electrons. The highest BCUT2D eigenvalue weighted by Gasteiger charge is 2.27. The van der Waals surface area contributed by atoms with E-state index in [0.29, 0.717) is 15.9 Å². The molecule has 1 unspecified atom stereocenters. The van der Waals surface area contributed by atoms with Crippen molar-refractivity contribution in [2.75, 3.05) is 0 Å². The second-order valence-corrected chi connectivity index (χ2v) is 5.38. The Kier molecular flexibility index (Phi) is 5.13. The molecular weight excluding hydrogens is 321 g/mol. The van der Waals surface area contributed by atoms with Crippen LogP contribution in [0, 0.1) is 13.8 Å². The van der Waals surface area contributed by atoms with E-state index < -0.39 is 12.1 Å². The summed E-state index contributed by atoms with van der Waals surface area (Å²) in [6, 6.07) is 0. The molecule has 0 amide bonds. The number of carbonyl (C=O) groups is 1. The number of carbonyl (C=O) groups excluding carboxylic acids is 1. The van der Waals surface area contributed by atoms with Crippen LogP contribution in [0.15, 0.2) is 4.47 Å². The average Bonchev–Trinajstić information content (AvgIpc) is 2.25. The Morgan fingerprint density at radius 3 is 2.44 bits per heavy atom. The highest BCUT2D eigenvalue weighted by atomic mass is 79.9. The quantitative estimate of drug-likeness (QED) is 0.862. The SMILES string of the molecule is Cc1nc(C)c(C(O)C(=O)OC(C)C)c(Cl)c1Br. The highest BCUT2D eigenvalue weighted by molar-refractivity contribution is 9.10. The van der Waals surface area contributed by atoms with Gasteiger partial charge >= 0.3 is 5.97 Å². The van der Waals surface area contributed by atoms with Crippen LogP contribution in [0.4, 0.5) is 0 Å². The second-order valence-electron chi connectivity index (χ2n) is 4.21. The molecule has 0 radical (unpaired) electrons. The Balaban J connectivity index is 3.17. The third kappa shape index (κ3) is 3.22. The van der Waals surface area contributed by atoms with Gasteiger partial charge in [-0.2, -0.15) is 0 Å². The monoisotopic (exact) mass is 335 g/mol. The molecule has 6 heteroatoms. The van der Waals surface area contributed by atoms with E-state index in [-0.39, 0.29) is 16.7 Å². The van der Waals surface area contributed by atoms with E-state index in [1.54, 1.807) is 27.7 Å². The fraction of sp³-hybridized carbons (Fsp3) is 0.500. The molecule has 0 aliphatic rings. The summed E-state index contributed by atoms with van der Waals surface area (Å²) >= 11 is 9.40. The van der Waals surface area contributed by atoms with Crippen LogP contribution in [-0.2, 0) is 9.53 Å². The summed E-state index contributed by atoms with van der Waals surface area (Å²) in [5.74, 6) is -0.729. The van der Waals surface area contributed by atoms with Crippen LogP contribution in [0.25, 0.3) is 0 Å². The molecule has 0 aliphatic carbocycles. The summed E-state index contributed by atoms with van der Waals surface area (Å²) in [7, 11) is 0. The Morgan fingerprint density at radius 2 is 1.94 bits per heavy atom. The predicted octanol–water partition coefficient (Wildman–Crippen LogP) is 3.10. The van der Waals surface area contributed by atoms with E-state index >= 15 is 0 Å². The number of ether oxygens (including phenoxy) is 1. The molecule has 1 N–H and O–H groups in total. The molecule has 1 aromatic rings. The molecule has 0 saturated carbocycles. The van der Waals surface area contributed by atoms with Crippen molar-refractivity contribution in [2.24, 2.45) is 0 Å². The zero-order valence-electron chi connectivity index (χ0n) is 10.6. The molecule has 1 rings (SSSR count). The van der Waals surface area contributed by atoms with Gasteiger partial charge in [0, 0.05) is 11.3 Å². The molecule has 4 nitrogen and oxygen atoms in total. The summed E-state index contributed by atoms with van der Waals surface area (Å²) in [4.78, 5) is 15.9. The topological polar surface area (TPSA) is 59.4 Å². The molecule has 1 heterocycles. The van der Waals surface area contributed by atoms with E-state index in [2.05, 4.69) is 20.9 Å². The van der Waals surface area contributed by atoms with Crippen molar-refractivity contribution in [3.63, 3.8) is 0 Å². The molecule has 0 spiro atoms. The van der Waals surface area contributed by atoms with Crippen molar-refractivity contribution in [2.45, 2.75) is 39.9 Å². The van der Waals surface area contributed by atoms with Crippen LogP contribution in [0.3, 0.4) is 0 Å². The number of esters is 1. The number of nitrogens with zero attached hydrogens (tertiary/aromatic N) is 1. The zero-order chi connectivity index (χ0) is 14.0. The van der Waals surface area contributed by atoms with Crippen LogP contribution in [0.1, 0.15) is 36.9 Å². The number of rotatable bonds is 3. The lowest BCUT2D eigenvalue weighted by Crippen LogP contribution is -2.21. The van der Waals surface area contributed by atoms with Gasteiger partial charge in [0.1, 0.15) is 0 Å². The molecule has 0 bridgehead atoms. The molecule has 1 atom stereocenters. The number of aryl methyl sites for hydroxylation is 2. The van der Waals surface area contributed by atoms with E-state index in [1.807, 2.05) is 0 Å². The van der Waals surface area contributed by atoms with Gasteiger partial charge in [0.05, 0.1) is 21.3 Å². The summed E-state index contributed by atoms with van der Waals surface area (Å²) in [5.41, 5.74) is 1.49. The van der Waals surface area contributed by atoms with Crippen molar-refractivity contribution in [3.8, 4) is 0 Å². The van der Waals surface area contributed by atoms with Crippen molar-refractivity contribution in [1.29, 1.82) is 0 Å². The normalized spacial score (nSPS) is 12.7. The van der Waals surface area contributed by atoms with E-state index in [0.717, 1.165) is 0 Å². The van der Waals surface area contributed by atoms with Gasteiger partial charge in [0.15, 0.2) is 6.10 Å². The van der Waals surface area contributed by atoms with Crippen LogP contribution in [0.5, 0.6) is 0 Å². The smallest absolute Gasteiger partial charge is 0.340 e. The van der Waals surface area contributed by atoms with Gasteiger partial charge in [-0.1, -0.05) is 11.6 Å². The first kappa shape index (κ1) is 15.4. The summed E-state index contributed by atoms with van der Waals surface area (Å²) in [6.07, 6.45) is -1.72. The third-order valence-corrected chi connectivity index (χ3v) is 3.91. The standard InChI is InChI=1S/C12H15BrClNO3/c1-5(2)18-12(17)11(16)8-6(3)15-7(4)9(13)10(8)14/h5,11,16H,1-4H3. The third-order valence-electron chi connectivity index (χ3n) is 2.32. The first-order chi connectivity index (χ1) is 8.25. The van der Waals surface area contributed by atoms with Gasteiger partial charge in [-0.3, -0.25) is 4.98 Å². The number of aromatic nitrogens is 1. The number of hydrogen-bond donors (Lipinski definition) is 1. The minimum Gasteiger partial charge on any atom is -0.461 e. The number of halogens is 2. The Labute approximate surface area is 119 Å². The summed E-state index contributed by atoms with van der Waals surface area (Å²) in [6.45, 7) is 6.89. The molecule has 0 aromatic carbocycles. The number of hydrogen-bond acceptors (Lipinski definition) is 4. The maximum Gasteiger partial charge on any atom is 0.340 e. The van der Waals surface area contributed by atoms with Crippen molar-refractivity contribution >= 4 is 33.5 Å². The molecule has 0 aliphatic heterocycles. The Hall–Kier alpha value is -0.650. The van der Waals surface area contributed by atoms with Gasteiger partial charge in [-0.05, 0) is 43.6 Å². The minimum atomic E-state index is -1.43. The van der Waals surface area contributed by atoms with E-state index in [9.17, 15) is 9.90 Å². The summed E-state index contributed by atoms with van der Waals surface area (Å²) < 4.78 is 5.53. The first-order valence-corrected chi connectivity index (χ1v) is 6.63. The van der Waals surface area contributed by atoms with Gasteiger partial charge in [-0.25, -0.2) is 4.79 Å². The van der Waals surface area contributed by atoms with Crippen molar-refractivity contribution < 1.29 is 14.6 Å². The Bertz CT molecular complexity index is 477. The molecule has 18 heavy (non-hydrogen) atoms. The maximum absolute atomic E-state index is 11.7. The molecule has 0 saturated heterocycles. The maximum atomic E-state index is 11.7. The van der Waals surface area contributed by atoms with Crippen molar-refractivity contribution in [1.82, 2.24) is 4.98 Å². The first-order valence-electron chi connectivity index (χ1n) is 5.46. The number of aliphatic hydroxyl groups is 1. The van der Waals surface area contributed by atoms with Crippen LogP contribution >= 0.6 is 27.5 Å². The van der Waals surface area contributed by atoms with E-state index in [1.165, 1.54) is 0 Å². The van der Waals surface area contributed by atoms with Crippen LogP contribution < -0.4 is 0 Å². The van der Waals surface area contributed by atoms with Gasteiger partial charge in [-0.15, -0.1) is 0 Å². The Morgan fingerprint density at radius 1 is 1.39 bits per heavy atom. The van der Waals surface area contributed by atoms with Gasteiger partial charge in [0.25, 0.3) is 0 Å². The number of pyridine rings is 1. The highest BCUT2D eigenvalue weighted by Crippen LogP contribution is 2.34. The lowest BCUT2D eigenvalue weighted by atomic mass is 10.1. The fourth-order valence-electron chi connectivity index (χ4n) is 1.53. The molecule has 1 aromatic heterocycles. The largest absolute Gasteiger partial charge is 0.461 e. The predicted molar refractivity (Wildman–Crippen MR) is 72.6 cm³/mol. The zero-order valence-corrected chi connectivity index (χ0v) is 13.0. The fourth-order valence-corrected chi connectivity index (χ4v) is 2.21. The lowest BCUT2D eigenvalue weighted by Gasteiger charge is -2.17. The van der Waals surface area contributed by atoms with Crippen LogP contribution in [-0.4, -0.2) is 22.2 Å². The lowest BCUT2D eigenvalue weighted by molar-refractivity contribution is -0.157. The van der Waals surface area contributed by atoms with Gasteiger partial charge < -0.3 is 9.84 Å². The second kappa shape index (κ2) is 5.99. The average molecular weight is 337 g/mol. The van der Waals surface area contributed by atoms with E-state index in [4.69, 9.17) is 16.3 Å². The number of aliphatic hydroxyl groups excluding tert-OH is 1. The van der Waals surface area contributed by atoms with Crippen molar-refractivity contribution in [3.05, 3.63) is 26.4 Å². The molecular formula is C12H15BrClNO3.